The number of unbranched alkanes of at least 4 members (excludes halogenated alkanes) is 1. The number of pyridine rings is 1. The topological polar surface area (TPSA) is 95.8 Å². The molecule has 0 radical (unpaired) electrons. The summed E-state index contributed by atoms with van der Waals surface area (Å²) in [4.78, 5) is 14.6. The molecule has 1 aromatic carbocycles. The third-order valence-electron chi connectivity index (χ3n) is 5.49. The predicted octanol–water partition coefficient (Wildman–Crippen LogP) is 5.35. The number of ether oxygens (including phenoxy) is 3. The molecule has 0 bridgehead atoms. The summed E-state index contributed by atoms with van der Waals surface area (Å²) in [6.45, 7) is 3.72. The van der Waals surface area contributed by atoms with Crippen LogP contribution in [-0.2, 0) is 9.47 Å². The molecule has 1 heterocycles. The van der Waals surface area contributed by atoms with Crippen LogP contribution in [0.2, 0.25) is 0 Å². The van der Waals surface area contributed by atoms with Crippen LogP contribution >= 0.6 is 0 Å². The van der Waals surface area contributed by atoms with E-state index in [4.69, 9.17) is 14.2 Å². The second-order valence-electron chi connectivity index (χ2n) is 8.16. The molecule has 3 rings (SSSR count). The first kappa shape index (κ1) is 25.3. The van der Waals surface area contributed by atoms with Gasteiger partial charge in [0, 0.05) is 31.0 Å². The third kappa shape index (κ3) is 6.61. The highest BCUT2D eigenvalue weighted by atomic mass is 19.1. The number of nitro benzene ring substituents is 1. The van der Waals surface area contributed by atoms with E-state index in [0.717, 1.165) is 31.9 Å². The fraction of sp³-hybridized carbons (Fsp3) is 0.400. The number of rotatable bonds is 12. The van der Waals surface area contributed by atoms with E-state index in [-0.39, 0.29) is 11.4 Å². The summed E-state index contributed by atoms with van der Waals surface area (Å²) in [5, 5.41) is 14.0. The van der Waals surface area contributed by atoms with E-state index >= 15 is 0 Å². The lowest BCUT2D eigenvalue weighted by atomic mass is 10.1. The molecule has 0 fully saturated rings. The summed E-state index contributed by atoms with van der Waals surface area (Å²) in [6, 6.07) is 4.87. The summed E-state index contributed by atoms with van der Waals surface area (Å²) in [7, 11) is 3.55. The molecule has 2 aromatic rings. The first-order chi connectivity index (χ1) is 16.4. The zero-order chi connectivity index (χ0) is 24.5. The first-order valence-electron chi connectivity index (χ1n) is 11.2. The molecule has 1 N–H and O–H groups in total. The molecule has 1 aliphatic carbocycles. The van der Waals surface area contributed by atoms with E-state index in [0.29, 0.717) is 35.3 Å². The largest absolute Gasteiger partial charge is 0.494 e. The maximum atomic E-state index is 14.4. The normalized spacial score (nSPS) is 15.8. The molecular formula is C25H30FN3O5. The van der Waals surface area contributed by atoms with Crippen molar-refractivity contribution in [1.82, 2.24) is 10.3 Å². The van der Waals surface area contributed by atoms with Crippen molar-refractivity contribution in [2.24, 2.45) is 5.92 Å². The number of hydrogen-bond donors (Lipinski definition) is 1. The minimum Gasteiger partial charge on any atom is -0.494 e. The molecule has 34 heavy (non-hydrogen) atoms. The lowest BCUT2D eigenvalue weighted by Gasteiger charge is -2.19. The molecule has 2 unspecified atom stereocenters. The number of hydrogen-bond acceptors (Lipinski definition) is 7. The van der Waals surface area contributed by atoms with E-state index in [1.165, 1.54) is 12.1 Å². The van der Waals surface area contributed by atoms with Crippen molar-refractivity contribution >= 4 is 17.8 Å². The fourth-order valence-corrected chi connectivity index (χ4v) is 3.58. The molecule has 9 heteroatoms. The fourth-order valence-electron chi connectivity index (χ4n) is 3.58. The van der Waals surface area contributed by atoms with Crippen LogP contribution in [0.1, 0.15) is 37.4 Å². The number of nitrogens with zero attached hydrogens (tertiary/aromatic N) is 2. The molecule has 2 atom stereocenters. The van der Waals surface area contributed by atoms with Crippen LogP contribution in [0, 0.1) is 21.8 Å². The van der Waals surface area contributed by atoms with Gasteiger partial charge in [-0.05, 0) is 50.6 Å². The molecule has 0 spiro atoms. The van der Waals surface area contributed by atoms with Crippen LogP contribution in [0.4, 0.5) is 10.1 Å². The smallest absolute Gasteiger partial charge is 0.272 e. The summed E-state index contributed by atoms with van der Waals surface area (Å²) in [5.41, 5.74) is 0.871. The maximum absolute atomic E-state index is 14.4. The maximum Gasteiger partial charge on any atom is 0.272 e. The molecule has 0 saturated heterocycles. The highest BCUT2D eigenvalue weighted by molar-refractivity contribution is 5.71. The van der Waals surface area contributed by atoms with Gasteiger partial charge in [-0.3, -0.25) is 15.1 Å². The van der Waals surface area contributed by atoms with Gasteiger partial charge < -0.3 is 19.5 Å². The van der Waals surface area contributed by atoms with Gasteiger partial charge in [0.05, 0.1) is 23.3 Å². The quantitative estimate of drug-likeness (QED) is 0.253. The van der Waals surface area contributed by atoms with Gasteiger partial charge in [0.15, 0.2) is 11.6 Å². The number of halogens is 1. The van der Waals surface area contributed by atoms with Crippen molar-refractivity contribution in [3.05, 3.63) is 69.5 Å². The molecular weight excluding hydrogens is 441 g/mol. The van der Waals surface area contributed by atoms with E-state index in [9.17, 15) is 14.5 Å². The molecule has 8 nitrogen and oxygen atoms in total. The van der Waals surface area contributed by atoms with Gasteiger partial charge in [-0.2, -0.15) is 0 Å². The Kier molecular flexibility index (Phi) is 9.12. The van der Waals surface area contributed by atoms with Crippen LogP contribution in [0.3, 0.4) is 0 Å². The molecule has 182 valence electrons. The van der Waals surface area contributed by atoms with E-state index in [2.05, 4.69) is 17.2 Å². The zero-order valence-corrected chi connectivity index (χ0v) is 19.6. The van der Waals surface area contributed by atoms with Gasteiger partial charge in [0.25, 0.3) is 5.69 Å². The zero-order valence-electron chi connectivity index (χ0n) is 19.6. The minimum atomic E-state index is -0.824. The SMILES string of the molecule is CNCCCCC(C)COC1=Cc2nccc(Oc3ccc([N+](=O)[O-])cc3F)c2C=CC1OC. The van der Waals surface area contributed by atoms with Crippen molar-refractivity contribution in [2.75, 3.05) is 27.3 Å². The predicted molar refractivity (Wildman–Crippen MR) is 128 cm³/mol. The van der Waals surface area contributed by atoms with Gasteiger partial charge in [0.2, 0.25) is 0 Å². The van der Waals surface area contributed by atoms with Gasteiger partial charge in [-0.1, -0.05) is 19.4 Å². The molecule has 0 amide bonds. The van der Waals surface area contributed by atoms with Gasteiger partial charge in [0.1, 0.15) is 17.6 Å². The standard InChI is InChI=1S/C25H30FN3O5/c1-17(6-4-5-12-27-2)16-33-25-15-21-19(8-10-24(25)32-3)22(11-13-28-21)34-23-9-7-18(29(30)31)14-20(23)26/h7-11,13-15,17,24,27H,4-6,12,16H2,1-3H3. The van der Waals surface area contributed by atoms with Crippen molar-refractivity contribution in [2.45, 2.75) is 32.3 Å². The number of aromatic nitrogens is 1. The van der Waals surface area contributed by atoms with Gasteiger partial charge >= 0.3 is 0 Å². The van der Waals surface area contributed by atoms with Crippen LogP contribution in [0.5, 0.6) is 11.5 Å². The summed E-state index contributed by atoms with van der Waals surface area (Å²) in [5.74, 6) is 0.433. The Labute approximate surface area is 198 Å². The lowest BCUT2D eigenvalue weighted by molar-refractivity contribution is -0.385. The number of benzene rings is 1. The van der Waals surface area contributed by atoms with E-state index in [1.807, 2.05) is 13.1 Å². The molecule has 0 saturated carbocycles. The highest BCUT2D eigenvalue weighted by Crippen LogP contribution is 2.34. The Morgan fingerprint density at radius 2 is 2.09 bits per heavy atom. The molecule has 0 aliphatic heterocycles. The van der Waals surface area contributed by atoms with Crippen molar-refractivity contribution in [3.8, 4) is 11.5 Å². The lowest BCUT2D eigenvalue weighted by Crippen LogP contribution is -2.16. The van der Waals surface area contributed by atoms with E-state index < -0.39 is 16.8 Å². The van der Waals surface area contributed by atoms with Crippen molar-refractivity contribution in [1.29, 1.82) is 0 Å². The number of nitro groups is 1. The molecule has 1 aliphatic rings. The van der Waals surface area contributed by atoms with Crippen molar-refractivity contribution in [3.63, 3.8) is 0 Å². The Balaban J connectivity index is 1.78. The first-order valence-corrected chi connectivity index (χ1v) is 11.2. The minimum absolute atomic E-state index is 0.118. The summed E-state index contributed by atoms with van der Waals surface area (Å²) < 4.78 is 31.8. The second kappa shape index (κ2) is 12.2. The Morgan fingerprint density at radius 1 is 1.26 bits per heavy atom. The second-order valence-corrected chi connectivity index (χ2v) is 8.16. The van der Waals surface area contributed by atoms with Crippen LogP contribution in [0.15, 0.2) is 42.3 Å². The number of methoxy groups -OCH3 is 1. The average molecular weight is 472 g/mol. The average Bonchev–Trinajstić information content (AvgIpc) is 3.01. The third-order valence-corrected chi connectivity index (χ3v) is 5.49. The van der Waals surface area contributed by atoms with Crippen molar-refractivity contribution < 1.29 is 23.5 Å². The Morgan fingerprint density at radius 3 is 2.79 bits per heavy atom. The monoisotopic (exact) mass is 471 g/mol. The van der Waals surface area contributed by atoms with Crippen LogP contribution in [0.25, 0.3) is 12.2 Å². The van der Waals surface area contributed by atoms with Gasteiger partial charge in [-0.15, -0.1) is 0 Å². The summed E-state index contributed by atoms with van der Waals surface area (Å²) in [6.07, 6.45) is 9.89. The number of non-ortho nitro benzene ring substituents is 1. The van der Waals surface area contributed by atoms with Crippen LogP contribution in [-0.4, -0.2) is 43.3 Å². The molecule has 1 aromatic heterocycles. The van der Waals surface area contributed by atoms with E-state index in [1.54, 1.807) is 31.5 Å². The number of fused-ring (bicyclic) bond motifs is 1. The van der Waals surface area contributed by atoms with Crippen LogP contribution < -0.4 is 10.1 Å². The Bertz CT molecular complexity index is 1060. The highest BCUT2D eigenvalue weighted by Gasteiger charge is 2.21. The Hall–Kier alpha value is -3.30. The number of nitrogens with one attached hydrogen (secondary N) is 1. The summed E-state index contributed by atoms with van der Waals surface area (Å²) >= 11 is 0. The van der Waals surface area contributed by atoms with Gasteiger partial charge in [-0.25, -0.2) is 4.39 Å².